The van der Waals surface area contributed by atoms with Crippen LogP contribution in [0.2, 0.25) is 0 Å². The molecular formula is C15H24O3S. The molecule has 1 spiro atoms. The Morgan fingerprint density at radius 2 is 2.26 bits per heavy atom. The number of thioether (sulfide) groups is 1. The van der Waals surface area contributed by atoms with E-state index in [1.165, 1.54) is 5.75 Å². The number of hydrogen-bond acceptors (Lipinski definition) is 4. The monoisotopic (exact) mass is 284 g/mol. The molecule has 4 heteroatoms. The van der Waals surface area contributed by atoms with E-state index in [1.807, 2.05) is 11.8 Å². The topological polar surface area (TPSA) is 35.5 Å². The zero-order valence-electron chi connectivity index (χ0n) is 11.6. The molecule has 0 aromatic heterocycles. The van der Waals surface area contributed by atoms with Crippen molar-refractivity contribution in [1.29, 1.82) is 0 Å². The van der Waals surface area contributed by atoms with Gasteiger partial charge in [-0.1, -0.05) is 0 Å². The van der Waals surface area contributed by atoms with Gasteiger partial charge in [-0.05, 0) is 44.3 Å². The molecule has 0 aromatic carbocycles. The maximum absolute atomic E-state index is 12.4. The first-order chi connectivity index (χ1) is 9.27. The van der Waals surface area contributed by atoms with Crippen LogP contribution in [0.3, 0.4) is 0 Å². The smallest absolute Gasteiger partial charge is 0.136 e. The zero-order valence-corrected chi connectivity index (χ0v) is 12.4. The van der Waals surface area contributed by atoms with Gasteiger partial charge < -0.3 is 9.47 Å². The third kappa shape index (κ3) is 3.34. The summed E-state index contributed by atoms with van der Waals surface area (Å²) in [6.45, 7) is 1.66. The number of carbonyl (C=O) groups is 1. The molecule has 3 aliphatic rings. The minimum atomic E-state index is 0.0348. The minimum Gasteiger partial charge on any atom is -0.378 e. The van der Waals surface area contributed by atoms with E-state index in [4.69, 9.17) is 9.47 Å². The summed E-state index contributed by atoms with van der Waals surface area (Å²) in [6.07, 6.45) is 7.31. The van der Waals surface area contributed by atoms with E-state index in [9.17, 15) is 4.79 Å². The molecule has 3 fully saturated rings. The summed E-state index contributed by atoms with van der Waals surface area (Å²) in [7, 11) is 0. The SMILES string of the molecule is O=C(CCC1CCCO1)C1CCOC2(CCSC2)C1. The fourth-order valence-electron chi connectivity index (χ4n) is 3.55. The number of rotatable bonds is 4. The molecule has 0 aromatic rings. The van der Waals surface area contributed by atoms with Crippen molar-refractivity contribution < 1.29 is 14.3 Å². The van der Waals surface area contributed by atoms with Gasteiger partial charge in [0, 0.05) is 31.3 Å². The summed E-state index contributed by atoms with van der Waals surface area (Å²) >= 11 is 1.97. The molecule has 0 N–H and O–H groups in total. The van der Waals surface area contributed by atoms with E-state index in [1.54, 1.807) is 0 Å². The highest BCUT2D eigenvalue weighted by atomic mass is 32.2. The van der Waals surface area contributed by atoms with Crippen LogP contribution >= 0.6 is 11.8 Å². The third-order valence-electron chi connectivity index (χ3n) is 4.75. The number of carbonyl (C=O) groups excluding carboxylic acids is 1. The first-order valence-corrected chi connectivity index (χ1v) is 8.79. The summed E-state index contributed by atoms with van der Waals surface area (Å²) in [6, 6.07) is 0. The van der Waals surface area contributed by atoms with Gasteiger partial charge in [-0.25, -0.2) is 0 Å². The van der Waals surface area contributed by atoms with Crippen LogP contribution in [0.15, 0.2) is 0 Å². The summed E-state index contributed by atoms with van der Waals surface area (Å²) in [5.74, 6) is 2.98. The molecule has 3 aliphatic heterocycles. The number of ether oxygens (including phenoxy) is 2. The predicted molar refractivity (Wildman–Crippen MR) is 76.6 cm³/mol. The Hall–Kier alpha value is -0.0600. The molecule has 3 nitrogen and oxygen atoms in total. The summed E-state index contributed by atoms with van der Waals surface area (Å²) in [5, 5.41) is 0. The molecule has 108 valence electrons. The Morgan fingerprint density at radius 3 is 3.00 bits per heavy atom. The molecule has 3 saturated heterocycles. The normalized spacial score (nSPS) is 38.9. The largest absolute Gasteiger partial charge is 0.378 e. The van der Waals surface area contributed by atoms with E-state index in [0.717, 1.165) is 57.5 Å². The number of Topliss-reactive ketones (excluding diaryl/α,β-unsaturated/α-hetero) is 1. The lowest BCUT2D eigenvalue weighted by atomic mass is 9.82. The van der Waals surface area contributed by atoms with Gasteiger partial charge in [-0.2, -0.15) is 11.8 Å². The molecule has 0 bridgehead atoms. The Morgan fingerprint density at radius 1 is 1.32 bits per heavy atom. The molecule has 3 atom stereocenters. The van der Waals surface area contributed by atoms with Crippen LogP contribution in [0.5, 0.6) is 0 Å². The highest BCUT2D eigenvalue weighted by Crippen LogP contribution is 2.41. The molecular weight excluding hydrogens is 260 g/mol. The van der Waals surface area contributed by atoms with Gasteiger partial charge in [0.25, 0.3) is 0 Å². The summed E-state index contributed by atoms with van der Waals surface area (Å²) in [4.78, 5) is 12.4. The quantitative estimate of drug-likeness (QED) is 0.795. The van der Waals surface area contributed by atoms with Crippen LogP contribution in [-0.4, -0.2) is 42.2 Å². The maximum Gasteiger partial charge on any atom is 0.136 e. The molecule has 3 unspecified atom stereocenters. The minimum absolute atomic E-state index is 0.0348. The van der Waals surface area contributed by atoms with Crippen LogP contribution in [0.25, 0.3) is 0 Å². The van der Waals surface area contributed by atoms with Gasteiger partial charge in [0.05, 0.1) is 11.7 Å². The van der Waals surface area contributed by atoms with Gasteiger partial charge in [0.1, 0.15) is 5.78 Å². The van der Waals surface area contributed by atoms with E-state index in [2.05, 4.69) is 0 Å². The van der Waals surface area contributed by atoms with Crippen LogP contribution in [0.4, 0.5) is 0 Å². The Balaban J connectivity index is 1.48. The summed E-state index contributed by atoms with van der Waals surface area (Å²) < 4.78 is 11.6. The standard InChI is InChI=1S/C15H24O3S/c16-14(4-3-13-2-1-7-17-13)12-5-8-18-15(10-12)6-9-19-11-15/h12-13H,1-11H2. The number of ketones is 1. The average Bonchev–Trinajstić information content (AvgIpc) is 3.08. The van der Waals surface area contributed by atoms with Crippen LogP contribution in [0, 0.1) is 5.92 Å². The lowest BCUT2D eigenvalue weighted by Crippen LogP contribution is -2.42. The molecule has 0 amide bonds. The van der Waals surface area contributed by atoms with Crippen LogP contribution in [0.1, 0.15) is 44.9 Å². The van der Waals surface area contributed by atoms with E-state index >= 15 is 0 Å². The highest BCUT2D eigenvalue weighted by Gasteiger charge is 2.42. The van der Waals surface area contributed by atoms with Crippen molar-refractivity contribution in [2.75, 3.05) is 24.7 Å². The first kappa shape index (κ1) is 13.9. The van der Waals surface area contributed by atoms with E-state index < -0.39 is 0 Å². The Kier molecular flexibility index (Phi) is 4.50. The fourth-order valence-corrected chi connectivity index (χ4v) is 4.92. The van der Waals surface area contributed by atoms with Crippen molar-refractivity contribution >= 4 is 17.5 Å². The van der Waals surface area contributed by atoms with E-state index in [0.29, 0.717) is 18.3 Å². The van der Waals surface area contributed by atoms with Gasteiger partial charge in [-0.15, -0.1) is 0 Å². The predicted octanol–water partition coefficient (Wildman–Crippen LogP) is 2.82. The lowest BCUT2D eigenvalue weighted by Gasteiger charge is -2.37. The van der Waals surface area contributed by atoms with Crippen molar-refractivity contribution in [2.45, 2.75) is 56.7 Å². The van der Waals surface area contributed by atoms with Crippen molar-refractivity contribution in [2.24, 2.45) is 5.92 Å². The molecule has 0 radical (unpaired) electrons. The van der Waals surface area contributed by atoms with Crippen LogP contribution < -0.4 is 0 Å². The Bertz CT molecular complexity index is 319. The van der Waals surface area contributed by atoms with Crippen molar-refractivity contribution in [1.82, 2.24) is 0 Å². The van der Waals surface area contributed by atoms with Gasteiger partial charge in [-0.3, -0.25) is 4.79 Å². The Labute approximate surface area is 119 Å². The van der Waals surface area contributed by atoms with Crippen molar-refractivity contribution in [3.05, 3.63) is 0 Å². The molecule has 3 rings (SSSR count). The van der Waals surface area contributed by atoms with Gasteiger partial charge in [0.2, 0.25) is 0 Å². The molecule has 0 aliphatic carbocycles. The third-order valence-corrected chi connectivity index (χ3v) is 5.98. The van der Waals surface area contributed by atoms with Crippen molar-refractivity contribution in [3.8, 4) is 0 Å². The van der Waals surface area contributed by atoms with E-state index in [-0.39, 0.29) is 11.5 Å². The lowest BCUT2D eigenvalue weighted by molar-refractivity contribution is -0.134. The molecule has 0 saturated carbocycles. The number of hydrogen-bond donors (Lipinski definition) is 0. The highest BCUT2D eigenvalue weighted by molar-refractivity contribution is 7.99. The maximum atomic E-state index is 12.4. The summed E-state index contributed by atoms with van der Waals surface area (Å²) in [5.41, 5.74) is 0.0348. The zero-order chi connectivity index (χ0) is 13.1. The average molecular weight is 284 g/mol. The molecule has 3 heterocycles. The van der Waals surface area contributed by atoms with Crippen LogP contribution in [-0.2, 0) is 14.3 Å². The van der Waals surface area contributed by atoms with Gasteiger partial charge in [0.15, 0.2) is 0 Å². The fraction of sp³-hybridized carbons (Fsp3) is 0.933. The van der Waals surface area contributed by atoms with Crippen molar-refractivity contribution in [3.63, 3.8) is 0 Å². The first-order valence-electron chi connectivity index (χ1n) is 7.63. The second-order valence-corrected chi connectivity index (χ2v) is 7.27. The van der Waals surface area contributed by atoms with Gasteiger partial charge >= 0.3 is 0 Å². The molecule has 19 heavy (non-hydrogen) atoms. The second-order valence-electron chi connectivity index (χ2n) is 6.16. The second kappa shape index (κ2) is 6.15.